The largest absolute Gasteiger partial charge is 0.397 e. The molecule has 0 fully saturated rings. The molecule has 14 heavy (non-hydrogen) atoms. The van der Waals surface area contributed by atoms with Crippen LogP contribution in [0.1, 0.15) is 26.3 Å². The highest BCUT2D eigenvalue weighted by Crippen LogP contribution is 2.24. The molecule has 0 radical (unpaired) electrons. The van der Waals surface area contributed by atoms with Gasteiger partial charge in [0.25, 0.3) is 0 Å². The summed E-state index contributed by atoms with van der Waals surface area (Å²) < 4.78 is 0. The zero-order chi connectivity index (χ0) is 10.6. The lowest BCUT2D eigenvalue weighted by Crippen LogP contribution is -2.22. The number of hydrogen-bond acceptors (Lipinski definition) is 2. The highest BCUT2D eigenvalue weighted by Gasteiger charge is 2.05. The first-order chi connectivity index (χ1) is 6.72. The third-order valence-corrected chi connectivity index (χ3v) is 2.60. The van der Waals surface area contributed by atoms with Crippen molar-refractivity contribution in [2.24, 2.45) is 0 Å². The number of nitrogens with zero attached hydrogens (tertiary/aromatic N) is 1. The van der Waals surface area contributed by atoms with Crippen molar-refractivity contribution in [3.05, 3.63) is 23.8 Å². The molecule has 0 saturated heterocycles. The van der Waals surface area contributed by atoms with E-state index in [2.05, 4.69) is 43.9 Å². The van der Waals surface area contributed by atoms with Crippen LogP contribution in [0.4, 0.5) is 11.4 Å². The zero-order valence-electron chi connectivity index (χ0n) is 9.38. The Morgan fingerprint density at radius 1 is 1.14 bits per heavy atom. The predicted octanol–water partition coefficient (Wildman–Crippen LogP) is 2.68. The molecular weight excluding hydrogens is 172 g/mol. The lowest BCUT2D eigenvalue weighted by atomic mass is 10.1. The quantitative estimate of drug-likeness (QED) is 0.743. The maximum atomic E-state index is 6.01. The van der Waals surface area contributed by atoms with Crippen molar-refractivity contribution < 1.29 is 0 Å². The van der Waals surface area contributed by atoms with Gasteiger partial charge in [0, 0.05) is 13.1 Å². The molecule has 0 aliphatic rings. The Balaban J connectivity index is 2.98. The summed E-state index contributed by atoms with van der Waals surface area (Å²) in [6, 6.07) is 6.36. The first kappa shape index (κ1) is 10.9. The van der Waals surface area contributed by atoms with Crippen molar-refractivity contribution in [2.75, 3.05) is 23.7 Å². The molecule has 0 atom stereocenters. The molecule has 0 saturated carbocycles. The molecule has 0 bridgehead atoms. The number of aryl methyl sites for hydroxylation is 1. The summed E-state index contributed by atoms with van der Waals surface area (Å²) >= 11 is 0. The minimum atomic E-state index is 0.896. The van der Waals surface area contributed by atoms with E-state index in [-0.39, 0.29) is 0 Å². The van der Waals surface area contributed by atoms with Gasteiger partial charge in [-0.25, -0.2) is 0 Å². The molecule has 0 amide bonds. The van der Waals surface area contributed by atoms with Gasteiger partial charge < -0.3 is 10.6 Å². The Morgan fingerprint density at radius 3 is 2.21 bits per heavy atom. The second kappa shape index (κ2) is 4.89. The van der Waals surface area contributed by atoms with Crippen molar-refractivity contribution in [3.8, 4) is 0 Å². The Morgan fingerprint density at radius 2 is 1.79 bits per heavy atom. The molecule has 2 nitrogen and oxygen atoms in total. The maximum Gasteiger partial charge on any atom is 0.0599 e. The van der Waals surface area contributed by atoms with E-state index in [1.165, 1.54) is 5.56 Å². The Labute approximate surface area is 86.7 Å². The van der Waals surface area contributed by atoms with E-state index in [0.717, 1.165) is 30.9 Å². The van der Waals surface area contributed by atoms with Crippen molar-refractivity contribution >= 4 is 11.4 Å². The zero-order valence-corrected chi connectivity index (χ0v) is 9.38. The molecule has 0 heterocycles. The number of benzene rings is 1. The average Bonchev–Trinajstić information content (AvgIpc) is 2.22. The molecule has 2 N–H and O–H groups in total. The van der Waals surface area contributed by atoms with Crippen LogP contribution in [0.25, 0.3) is 0 Å². The standard InChI is InChI=1S/C12H20N2/c1-4-10-7-8-12(11(13)9-10)14(5-2)6-3/h7-9H,4-6,13H2,1-3H3. The summed E-state index contributed by atoms with van der Waals surface area (Å²) in [6.07, 6.45) is 1.04. The summed E-state index contributed by atoms with van der Waals surface area (Å²) in [6.45, 7) is 8.46. The summed E-state index contributed by atoms with van der Waals surface area (Å²) in [5.74, 6) is 0. The van der Waals surface area contributed by atoms with Gasteiger partial charge in [-0.1, -0.05) is 13.0 Å². The summed E-state index contributed by atoms with van der Waals surface area (Å²) in [5, 5.41) is 0. The molecule has 1 rings (SSSR count). The summed E-state index contributed by atoms with van der Waals surface area (Å²) in [4.78, 5) is 2.27. The minimum Gasteiger partial charge on any atom is -0.397 e. The fourth-order valence-corrected chi connectivity index (χ4v) is 1.68. The maximum absolute atomic E-state index is 6.01. The molecule has 1 aromatic rings. The molecule has 0 aliphatic heterocycles. The average molecular weight is 192 g/mol. The van der Waals surface area contributed by atoms with E-state index in [1.807, 2.05) is 0 Å². The van der Waals surface area contributed by atoms with Crippen LogP contribution >= 0.6 is 0 Å². The van der Waals surface area contributed by atoms with Gasteiger partial charge in [-0.3, -0.25) is 0 Å². The van der Waals surface area contributed by atoms with Crippen molar-refractivity contribution in [1.82, 2.24) is 0 Å². The number of nitrogens with two attached hydrogens (primary N) is 1. The fraction of sp³-hybridized carbons (Fsp3) is 0.500. The first-order valence-electron chi connectivity index (χ1n) is 5.36. The van der Waals surface area contributed by atoms with Gasteiger partial charge >= 0.3 is 0 Å². The van der Waals surface area contributed by atoms with Crippen LogP contribution in [0.15, 0.2) is 18.2 Å². The third kappa shape index (κ3) is 2.19. The van der Waals surface area contributed by atoms with E-state index in [9.17, 15) is 0 Å². The second-order valence-electron chi connectivity index (χ2n) is 3.42. The topological polar surface area (TPSA) is 29.3 Å². The fourth-order valence-electron chi connectivity index (χ4n) is 1.68. The molecule has 0 unspecified atom stereocenters. The summed E-state index contributed by atoms with van der Waals surface area (Å²) in [5.41, 5.74) is 9.37. The van der Waals surface area contributed by atoms with E-state index in [4.69, 9.17) is 5.73 Å². The van der Waals surface area contributed by atoms with Crippen LogP contribution in [0.5, 0.6) is 0 Å². The van der Waals surface area contributed by atoms with Crippen molar-refractivity contribution in [1.29, 1.82) is 0 Å². The van der Waals surface area contributed by atoms with Gasteiger partial charge in [0.2, 0.25) is 0 Å². The monoisotopic (exact) mass is 192 g/mol. The van der Waals surface area contributed by atoms with Gasteiger partial charge in [0.1, 0.15) is 0 Å². The van der Waals surface area contributed by atoms with E-state index >= 15 is 0 Å². The van der Waals surface area contributed by atoms with Gasteiger partial charge in [-0.15, -0.1) is 0 Å². The minimum absolute atomic E-state index is 0.896. The number of hydrogen-bond donors (Lipinski definition) is 1. The molecule has 78 valence electrons. The van der Waals surface area contributed by atoms with Crippen LogP contribution < -0.4 is 10.6 Å². The highest BCUT2D eigenvalue weighted by atomic mass is 15.1. The van der Waals surface area contributed by atoms with Crippen LogP contribution in [-0.4, -0.2) is 13.1 Å². The molecule has 0 aliphatic carbocycles. The lowest BCUT2D eigenvalue weighted by molar-refractivity contribution is 0.867. The van der Waals surface area contributed by atoms with Crippen LogP contribution in [0, 0.1) is 0 Å². The molecular formula is C12H20N2. The van der Waals surface area contributed by atoms with Gasteiger partial charge in [-0.05, 0) is 38.0 Å². The van der Waals surface area contributed by atoms with Gasteiger partial charge in [0.15, 0.2) is 0 Å². The van der Waals surface area contributed by atoms with E-state index < -0.39 is 0 Å². The highest BCUT2D eigenvalue weighted by molar-refractivity contribution is 5.68. The smallest absolute Gasteiger partial charge is 0.0599 e. The lowest BCUT2D eigenvalue weighted by Gasteiger charge is -2.23. The molecule has 1 aromatic carbocycles. The Hall–Kier alpha value is -1.18. The number of nitrogen functional groups attached to an aromatic ring is 1. The van der Waals surface area contributed by atoms with Crippen molar-refractivity contribution in [2.45, 2.75) is 27.2 Å². The van der Waals surface area contributed by atoms with E-state index in [0.29, 0.717) is 0 Å². The predicted molar refractivity (Wildman–Crippen MR) is 63.8 cm³/mol. The number of rotatable bonds is 4. The normalized spacial score (nSPS) is 10.2. The van der Waals surface area contributed by atoms with Gasteiger partial charge in [0.05, 0.1) is 11.4 Å². The molecule has 0 aromatic heterocycles. The van der Waals surface area contributed by atoms with Crippen molar-refractivity contribution in [3.63, 3.8) is 0 Å². The van der Waals surface area contributed by atoms with Crippen LogP contribution in [-0.2, 0) is 6.42 Å². The molecule has 2 heteroatoms. The second-order valence-corrected chi connectivity index (χ2v) is 3.42. The first-order valence-corrected chi connectivity index (χ1v) is 5.36. The summed E-state index contributed by atoms with van der Waals surface area (Å²) in [7, 11) is 0. The van der Waals surface area contributed by atoms with Crippen LogP contribution in [0.3, 0.4) is 0 Å². The third-order valence-electron chi connectivity index (χ3n) is 2.60. The molecule has 0 spiro atoms. The van der Waals surface area contributed by atoms with Crippen LogP contribution in [0.2, 0.25) is 0 Å². The Bertz CT molecular complexity index is 290. The Kier molecular flexibility index (Phi) is 3.81. The SMILES string of the molecule is CCc1ccc(N(CC)CC)c(N)c1. The number of anilines is 2. The van der Waals surface area contributed by atoms with E-state index in [1.54, 1.807) is 0 Å². The van der Waals surface area contributed by atoms with Gasteiger partial charge in [-0.2, -0.15) is 0 Å².